The van der Waals surface area contributed by atoms with Gasteiger partial charge in [-0.25, -0.2) is 4.98 Å². The summed E-state index contributed by atoms with van der Waals surface area (Å²) in [4.78, 5) is 15.7. The Bertz CT molecular complexity index is 1320. The Morgan fingerprint density at radius 3 is 2.69 bits per heavy atom. The quantitative estimate of drug-likeness (QED) is 0.479. The van der Waals surface area contributed by atoms with Gasteiger partial charge >= 0.3 is 12.1 Å². The summed E-state index contributed by atoms with van der Waals surface area (Å²) < 4.78 is 47.0. The lowest BCUT2D eigenvalue weighted by atomic mass is 9.77. The number of ether oxygens (including phenoxy) is 1. The number of hydrogen-bond acceptors (Lipinski definition) is 3. The zero-order valence-electron chi connectivity index (χ0n) is 18.9. The minimum Gasteiger partial charge on any atom is -0.481 e. The Kier molecular flexibility index (Phi) is 5.13. The van der Waals surface area contributed by atoms with Gasteiger partial charge in [0, 0.05) is 24.1 Å². The molecule has 6 rings (SSSR count). The van der Waals surface area contributed by atoms with Crippen LogP contribution in [0.4, 0.5) is 13.2 Å². The number of halogens is 3. The SMILES string of the molecule is O=C(O)[C@H]1[C@@H]2Cc3cc(OCc4ccc5c(c4)C(c4ccccc4C(F)(F)F)CCC5)ncc3[C@@H]21. The lowest BCUT2D eigenvalue weighted by molar-refractivity contribution is -0.139. The minimum atomic E-state index is -4.39. The number of benzene rings is 2. The fraction of sp³-hybridized carbons (Fsp3) is 0.357. The number of nitrogens with zero attached hydrogens (tertiary/aromatic N) is 1. The van der Waals surface area contributed by atoms with Gasteiger partial charge in [-0.3, -0.25) is 4.79 Å². The van der Waals surface area contributed by atoms with Gasteiger partial charge < -0.3 is 9.84 Å². The molecule has 3 aliphatic rings. The van der Waals surface area contributed by atoms with Crippen molar-refractivity contribution in [1.29, 1.82) is 0 Å². The predicted molar refractivity (Wildman–Crippen MR) is 122 cm³/mol. The van der Waals surface area contributed by atoms with E-state index < -0.39 is 17.7 Å². The van der Waals surface area contributed by atoms with E-state index in [0.717, 1.165) is 47.1 Å². The number of alkyl halides is 3. The molecular formula is C28H24F3NO3. The van der Waals surface area contributed by atoms with Crippen LogP contribution in [0.5, 0.6) is 5.88 Å². The molecule has 1 saturated carbocycles. The Morgan fingerprint density at radius 1 is 1.06 bits per heavy atom. The third-order valence-corrected chi connectivity index (χ3v) is 7.82. The second-order valence-electron chi connectivity index (χ2n) is 9.83. The molecule has 1 N–H and O–H groups in total. The van der Waals surface area contributed by atoms with E-state index in [1.54, 1.807) is 18.3 Å². The smallest absolute Gasteiger partial charge is 0.416 e. The maximum absolute atomic E-state index is 13.7. The molecule has 0 radical (unpaired) electrons. The number of carboxylic acids is 1. The molecule has 4 atom stereocenters. The highest BCUT2D eigenvalue weighted by Crippen LogP contribution is 2.61. The van der Waals surface area contributed by atoms with E-state index >= 15 is 0 Å². The molecular weight excluding hydrogens is 455 g/mol. The average molecular weight is 479 g/mol. The molecule has 0 spiro atoms. The van der Waals surface area contributed by atoms with E-state index in [1.807, 2.05) is 24.3 Å². The van der Waals surface area contributed by atoms with Gasteiger partial charge in [0.15, 0.2) is 0 Å². The summed E-state index contributed by atoms with van der Waals surface area (Å²) in [6.45, 7) is 0.261. The van der Waals surface area contributed by atoms with Gasteiger partial charge in [0.2, 0.25) is 5.88 Å². The summed E-state index contributed by atoms with van der Waals surface area (Å²) in [6, 6.07) is 13.7. The normalized spacial score (nSPS) is 24.3. The summed E-state index contributed by atoms with van der Waals surface area (Å²) in [5.74, 6) is -0.619. The number of pyridine rings is 1. The number of aromatic nitrogens is 1. The Labute approximate surface area is 200 Å². The third kappa shape index (κ3) is 3.87. The molecule has 0 saturated heterocycles. The molecule has 3 aromatic rings. The molecule has 0 aliphatic heterocycles. The molecule has 180 valence electrons. The third-order valence-electron chi connectivity index (χ3n) is 7.82. The number of carbonyl (C=O) groups is 1. The van der Waals surface area contributed by atoms with Gasteiger partial charge in [-0.1, -0.05) is 36.4 Å². The average Bonchev–Trinajstić information content (AvgIpc) is 3.44. The van der Waals surface area contributed by atoms with Gasteiger partial charge in [0.25, 0.3) is 0 Å². The second kappa shape index (κ2) is 8.11. The summed E-state index contributed by atoms with van der Waals surface area (Å²) in [7, 11) is 0. The first-order valence-electron chi connectivity index (χ1n) is 11.9. The van der Waals surface area contributed by atoms with Crippen molar-refractivity contribution >= 4 is 5.97 Å². The van der Waals surface area contributed by atoms with Gasteiger partial charge in [-0.05, 0) is 71.0 Å². The summed E-state index contributed by atoms with van der Waals surface area (Å²) in [5.41, 5.74) is 4.78. The molecule has 2 aromatic carbocycles. The highest BCUT2D eigenvalue weighted by atomic mass is 19.4. The lowest BCUT2D eigenvalue weighted by Gasteiger charge is -2.28. The van der Waals surface area contributed by atoms with Gasteiger partial charge in [-0.15, -0.1) is 0 Å². The largest absolute Gasteiger partial charge is 0.481 e. The van der Waals surface area contributed by atoms with Crippen molar-refractivity contribution < 1.29 is 27.8 Å². The number of aliphatic carboxylic acids is 1. The molecule has 1 heterocycles. The van der Waals surface area contributed by atoms with Crippen LogP contribution in [-0.4, -0.2) is 16.1 Å². The van der Waals surface area contributed by atoms with Crippen LogP contribution in [0, 0.1) is 11.8 Å². The molecule has 7 heteroatoms. The van der Waals surface area contributed by atoms with E-state index in [1.165, 1.54) is 12.1 Å². The van der Waals surface area contributed by atoms with Crippen molar-refractivity contribution in [3.63, 3.8) is 0 Å². The van der Waals surface area contributed by atoms with E-state index in [0.29, 0.717) is 17.9 Å². The van der Waals surface area contributed by atoms with E-state index in [-0.39, 0.29) is 30.3 Å². The van der Waals surface area contributed by atoms with Crippen molar-refractivity contribution in [1.82, 2.24) is 4.98 Å². The van der Waals surface area contributed by atoms with Crippen LogP contribution >= 0.6 is 0 Å². The summed E-state index contributed by atoms with van der Waals surface area (Å²) in [6.07, 6.45) is 0.455. The predicted octanol–water partition coefficient (Wildman–Crippen LogP) is 6.12. The lowest BCUT2D eigenvalue weighted by Crippen LogP contribution is -2.17. The Balaban J connectivity index is 1.22. The van der Waals surface area contributed by atoms with Gasteiger partial charge in [0.05, 0.1) is 11.5 Å². The minimum absolute atomic E-state index is 0.0706. The maximum atomic E-state index is 13.7. The number of fused-ring (bicyclic) bond motifs is 4. The first-order valence-corrected chi connectivity index (χ1v) is 11.9. The van der Waals surface area contributed by atoms with Crippen LogP contribution in [0.3, 0.4) is 0 Å². The molecule has 1 aromatic heterocycles. The molecule has 0 amide bonds. The van der Waals surface area contributed by atoms with Crippen LogP contribution in [0.1, 0.15) is 63.6 Å². The van der Waals surface area contributed by atoms with Crippen LogP contribution < -0.4 is 4.74 Å². The highest BCUT2D eigenvalue weighted by Gasteiger charge is 2.59. The highest BCUT2D eigenvalue weighted by molar-refractivity contribution is 5.77. The van der Waals surface area contributed by atoms with Crippen molar-refractivity contribution in [2.75, 3.05) is 0 Å². The second-order valence-corrected chi connectivity index (χ2v) is 9.83. The van der Waals surface area contributed by atoms with Crippen molar-refractivity contribution in [3.05, 3.63) is 93.7 Å². The molecule has 1 unspecified atom stereocenters. The number of rotatable bonds is 5. The van der Waals surface area contributed by atoms with Crippen molar-refractivity contribution in [2.45, 2.75) is 50.3 Å². The first kappa shape index (κ1) is 22.1. The van der Waals surface area contributed by atoms with Crippen LogP contribution in [-0.2, 0) is 30.4 Å². The monoisotopic (exact) mass is 479 g/mol. The molecule has 0 bridgehead atoms. The van der Waals surface area contributed by atoms with E-state index in [2.05, 4.69) is 4.98 Å². The first-order chi connectivity index (χ1) is 16.8. The molecule has 4 nitrogen and oxygen atoms in total. The van der Waals surface area contributed by atoms with E-state index in [9.17, 15) is 23.1 Å². The standard InChI is InChI=1S/C28H24F3NO3/c29-28(30,31)23-7-2-1-5-19(23)18-6-3-4-16-9-8-15(10-20(16)18)14-35-24-12-17-11-21-25(22(17)13-32-24)26(21)27(33)34/h1-2,5,7-10,12-13,18,21,25-26H,3-4,6,11,14H2,(H,33,34)/t18?,21-,25-,26+/m1/s1. The molecule has 35 heavy (non-hydrogen) atoms. The topological polar surface area (TPSA) is 59.4 Å². The van der Waals surface area contributed by atoms with Crippen LogP contribution in [0.2, 0.25) is 0 Å². The van der Waals surface area contributed by atoms with E-state index in [4.69, 9.17) is 4.74 Å². The zero-order valence-corrected chi connectivity index (χ0v) is 18.9. The van der Waals surface area contributed by atoms with Crippen LogP contribution in [0.15, 0.2) is 54.7 Å². The van der Waals surface area contributed by atoms with Gasteiger partial charge in [-0.2, -0.15) is 13.2 Å². The van der Waals surface area contributed by atoms with Crippen molar-refractivity contribution in [3.8, 4) is 5.88 Å². The number of hydrogen-bond donors (Lipinski definition) is 1. The Hall–Kier alpha value is -3.35. The zero-order chi connectivity index (χ0) is 24.3. The summed E-state index contributed by atoms with van der Waals surface area (Å²) in [5, 5.41) is 9.28. The molecule has 3 aliphatic carbocycles. The number of aryl methyl sites for hydroxylation is 1. The maximum Gasteiger partial charge on any atom is 0.416 e. The fourth-order valence-corrected chi connectivity index (χ4v) is 6.16. The van der Waals surface area contributed by atoms with Crippen molar-refractivity contribution in [2.24, 2.45) is 11.8 Å². The fourth-order valence-electron chi connectivity index (χ4n) is 6.16. The Morgan fingerprint density at radius 2 is 1.89 bits per heavy atom. The molecule has 1 fully saturated rings. The number of carboxylic acid groups (broad SMARTS) is 1. The van der Waals surface area contributed by atoms with Gasteiger partial charge in [0.1, 0.15) is 6.61 Å². The van der Waals surface area contributed by atoms with Crippen LogP contribution in [0.25, 0.3) is 0 Å². The summed E-state index contributed by atoms with van der Waals surface area (Å²) >= 11 is 0.